The molecule has 1 heterocycles. The van der Waals surface area contributed by atoms with Gasteiger partial charge >= 0.3 is 0 Å². The van der Waals surface area contributed by atoms with E-state index in [-0.39, 0.29) is 28.2 Å². The number of rotatable bonds is 5. The van der Waals surface area contributed by atoms with Crippen LogP contribution in [-0.4, -0.2) is 75.7 Å². The molecule has 1 fully saturated rings. The average molecular weight is 408 g/mol. The van der Waals surface area contributed by atoms with Crippen LogP contribution in [0.3, 0.4) is 0 Å². The number of aliphatic hydroxyl groups is 4. The Kier molecular flexibility index (Phi) is 5.97. The minimum absolute atomic E-state index is 0.0312. The molecule has 5 N–H and O–H groups in total. The molecule has 1 aliphatic heterocycles. The van der Waals surface area contributed by atoms with Gasteiger partial charge in [0.15, 0.2) is 5.78 Å². The molecule has 1 aliphatic rings. The zero-order chi connectivity index (χ0) is 21.5. The number of ether oxygens (including phenoxy) is 3. The summed E-state index contributed by atoms with van der Waals surface area (Å²) in [4.78, 5) is 12.0. The smallest absolute Gasteiger partial charge is 0.229 e. The number of carbonyl (C=O) groups is 1. The van der Waals surface area contributed by atoms with Crippen LogP contribution in [0.2, 0.25) is 0 Å². The average Bonchev–Trinajstić information content (AvgIpc) is 2.67. The van der Waals surface area contributed by atoms with Gasteiger partial charge in [-0.1, -0.05) is 6.07 Å². The van der Waals surface area contributed by atoms with E-state index < -0.39 is 37.3 Å². The highest BCUT2D eigenvalue weighted by atomic mass is 16.7. The van der Waals surface area contributed by atoms with E-state index in [4.69, 9.17) is 14.2 Å². The van der Waals surface area contributed by atoms with Crippen LogP contribution in [0.5, 0.6) is 17.2 Å². The summed E-state index contributed by atoms with van der Waals surface area (Å²) in [6.45, 7) is 2.41. The molecule has 2 aromatic carbocycles. The fourth-order valence-corrected chi connectivity index (χ4v) is 3.54. The van der Waals surface area contributed by atoms with Gasteiger partial charge < -0.3 is 39.7 Å². The third-order valence-electron chi connectivity index (χ3n) is 5.03. The lowest BCUT2D eigenvalue weighted by molar-refractivity contribution is -0.277. The number of Topliss-reactive ketones (excluding diaryl/α,β-unsaturated/α-hetero) is 1. The van der Waals surface area contributed by atoms with E-state index in [9.17, 15) is 30.3 Å². The van der Waals surface area contributed by atoms with Gasteiger partial charge in [0.25, 0.3) is 0 Å². The van der Waals surface area contributed by atoms with Crippen LogP contribution in [0.25, 0.3) is 10.8 Å². The Morgan fingerprint density at radius 2 is 1.83 bits per heavy atom. The number of aryl methyl sites for hydroxylation is 1. The molecule has 0 spiro atoms. The molecule has 158 valence electrons. The first-order valence-corrected chi connectivity index (χ1v) is 9.02. The molecule has 5 atom stereocenters. The minimum Gasteiger partial charge on any atom is -0.506 e. The van der Waals surface area contributed by atoms with Crippen molar-refractivity contribution >= 4 is 16.6 Å². The molecule has 3 rings (SSSR count). The van der Waals surface area contributed by atoms with E-state index in [1.165, 1.54) is 20.1 Å². The molecule has 29 heavy (non-hydrogen) atoms. The van der Waals surface area contributed by atoms with Gasteiger partial charge in [0.2, 0.25) is 6.29 Å². The quantitative estimate of drug-likeness (QED) is 0.439. The van der Waals surface area contributed by atoms with Crippen molar-refractivity contribution in [1.82, 2.24) is 0 Å². The second-order valence-corrected chi connectivity index (χ2v) is 7.01. The van der Waals surface area contributed by atoms with Gasteiger partial charge in [-0.3, -0.25) is 4.79 Å². The molecule has 0 saturated carbocycles. The zero-order valence-electron chi connectivity index (χ0n) is 16.2. The van der Waals surface area contributed by atoms with Crippen molar-refractivity contribution in [2.24, 2.45) is 0 Å². The van der Waals surface area contributed by atoms with Gasteiger partial charge in [-0.05, 0) is 30.9 Å². The van der Waals surface area contributed by atoms with Crippen LogP contribution in [0.4, 0.5) is 0 Å². The van der Waals surface area contributed by atoms with E-state index in [0.717, 1.165) is 0 Å². The third-order valence-corrected chi connectivity index (χ3v) is 5.03. The first-order chi connectivity index (χ1) is 13.7. The van der Waals surface area contributed by atoms with Crippen LogP contribution in [0.15, 0.2) is 18.2 Å². The van der Waals surface area contributed by atoms with E-state index in [2.05, 4.69) is 0 Å². The highest BCUT2D eigenvalue weighted by Gasteiger charge is 2.45. The Morgan fingerprint density at radius 3 is 2.41 bits per heavy atom. The third kappa shape index (κ3) is 3.75. The Balaban J connectivity index is 2.13. The topological polar surface area (TPSA) is 146 Å². The first kappa shape index (κ1) is 21.3. The summed E-state index contributed by atoms with van der Waals surface area (Å²) in [5.41, 5.74) is 0.691. The highest BCUT2D eigenvalue weighted by Crippen LogP contribution is 2.41. The van der Waals surface area contributed by atoms with Gasteiger partial charge in [-0.15, -0.1) is 0 Å². The number of methoxy groups -OCH3 is 1. The number of hydrogen-bond acceptors (Lipinski definition) is 9. The van der Waals surface area contributed by atoms with Crippen LogP contribution in [-0.2, 0) is 4.74 Å². The maximum atomic E-state index is 12.0. The van der Waals surface area contributed by atoms with E-state index in [0.29, 0.717) is 16.7 Å². The fraction of sp³-hybridized carbons (Fsp3) is 0.450. The summed E-state index contributed by atoms with van der Waals surface area (Å²) in [5.74, 6) is -0.221. The number of aliphatic hydroxyl groups excluding tert-OH is 4. The molecule has 0 radical (unpaired) electrons. The molecule has 2 aromatic rings. The molecule has 1 saturated heterocycles. The van der Waals surface area contributed by atoms with Crippen LogP contribution in [0.1, 0.15) is 22.8 Å². The van der Waals surface area contributed by atoms with E-state index in [1.54, 1.807) is 19.1 Å². The number of benzene rings is 2. The van der Waals surface area contributed by atoms with Gasteiger partial charge in [-0.25, -0.2) is 0 Å². The summed E-state index contributed by atoms with van der Waals surface area (Å²) in [6, 6.07) is 4.77. The minimum atomic E-state index is -1.63. The zero-order valence-corrected chi connectivity index (χ0v) is 16.2. The fourth-order valence-electron chi connectivity index (χ4n) is 3.54. The monoisotopic (exact) mass is 408 g/mol. The second kappa shape index (κ2) is 8.13. The lowest BCUT2D eigenvalue weighted by Crippen LogP contribution is -2.60. The molecule has 0 bridgehead atoms. The van der Waals surface area contributed by atoms with Crippen LogP contribution < -0.4 is 9.47 Å². The molecule has 0 aromatic heterocycles. The molecule has 0 amide bonds. The summed E-state index contributed by atoms with van der Waals surface area (Å²) in [7, 11) is 1.44. The summed E-state index contributed by atoms with van der Waals surface area (Å²) < 4.78 is 16.4. The summed E-state index contributed by atoms with van der Waals surface area (Å²) >= 11 is 0. The predicted molar refractivity (Wildman–Crippen MR) is 101 cm³/mol. The lowest BCUT2D eigenvalue weighted by atomic mass is 9.96. The number of phenols is 1. The standard InChI is InChI=1S/C20H24O9/c1-8-4-10-5-11(27-3)6-12(15(10)17(24)14(8)9(2)22)28-20-19(26)18(25)16(23)13(7-21)29-20/h4-6,13,16,18-21,23-26H,7H2,1-3H3/t13-,16+,18-,19-,20-/m1/s1. The van der Waals surface area contributed by atoms with Crippen molar-refractivity contribution < 1.29 is 44.5 Å². The summed E-state index contributed by atoms with van der Waals surface area (Å²) in [5, 5.41) is 51.0. The number of fused-ring (bicyclic) bond motifs is 1. The number of aromatic hydroxyl groups is 1. The van der Waals surface area contributed by atoms with Crippen LogP contribution >= 0.6 is 0 Å². The molecule has 0 unspecified atom stereocenters. The van der Waals surface area contributed by atoms with Crippen molar-refractivity contribution in [1.29, 1.82) is 0 Å². The maximum Gasteiger partial charge on any atom is 0.229 e. The Hall–Kier alpha value is -2.43. The van der Waals surface area contributed by atoms with Gasteiger partial charge in [0, 0.05) is 6.07 Å². The number of ketones is 1. The lowest BCUT2D eigenvalue weighted by Gasteiger charge is -2.39. The number of hydrogen-bond donors (Lipinski definition) is 5. The first-order valence-electron chi connectivity index (χ1n) is 9.02. The summed E-state index contributed by atoms with van der Waals surface area (Å²) in [6.07, 6.45) is -7.39. The van der Waals surface area contributed by atoms with Gasteiger partial charge in [0.05, 0.1) is 24.7 Å². The molecular formula is C20H24O9. The van der Waals surface area contributed by atoms with Crippen molar-refractivity contribution in [2.75, 3.05) is 13.7 Å². The van der Waals surface area contributed by atoms with Crippen molar-refractivity contribution in [3.63, 3.8) is 0 Å². The largest absolute Gasteiger partial charge is 0.506 e. The van der Waals surface area contributed by atoms with Crippen molar-refractivity contribution in [2.45, 2.75) is 44.6 Å². The van der Waals surface area contributed by atoms with Gasteiger partial charge in [-0.2, -0.15) is 0 Å². The Morgan fingerprint density at radius 1 is 1.14 bits per heavy atom. The molecule has 9 heteroatoms. The van der Waals surface area contributed by atoms with Gasteiger partial charge in [0.1, 0.15) is 41.7 Å². The highest BCUT2D eigenvalue weighted by molar-refractivity contribution is 6.07. The number of carbonyl (C=O) groups excluding carboxylic acids is 1. The van der Waals surface area contributed by atoms with Crippen molar-refractivity contribution in [3.8, 4) is 17.2 Å². The Labute approximate surface area is 166 Å². The molecular weight excluding hydrogens is 384 g/mol. The maximum absolute atomic E-state index is 12.0. The van der Waals surface area contributed by atoms with E-state index in [1.807, 2.05) is 0 Å². The van der Waals surface area contributed by atoms with E-state index >= 15 is 0 Å². The normalized spacial score (nSPS) is 27.1. The number of phenolic OH excluding ortho intramolecular Hbond substituents is 1. The molecule has 0 aliphatic carbocycles. The second-order valence-electron chi connectivity index (χ2n) is 7.01. The predicted octanol–water partition coefficient (Wildman–Crippen LogP) is 0.244. The molecule has 9 nitrogen and oxygen atoms in total. The Bertz CT molecular complexity index is 924. The SMILES string of the molecule is COc1cc(O[C@@H]2O[C@H](CO)[C@H](O)[C@@H](O)[C@H]2O)c2c(O)c(C(C)=O)c(C)cc2c1. The van der Waals surface area contributed by atoms with Crippen LogP contribution in [0, 0.1) is 6.92 Å². The van der Waals surface area contributed by atoms with Crippen molar-refractivity contribution in [3.05, 3.63) is 29.3 Å².